The molecule has 2 rings (SSSR count). The van der Waals surface area contributed by atoms with Crippen LogP contribution in [0.4, 0.5) is 10.1 Å². The third-order valence-electron chi connectivity index (χ3n) is 3.57. The number of halogens is 1. The first-order chi connectivity index (χ1) is 11.7. The number of ether oxygens (including phenoxy) is 1. The van der Waals surface area contributed by atoms with Crippen molar-refractivity contribution in [2.45, 2.75) is 33.8 Å². The maximum Gasteiger partial charge on any atom is 0.252 e. The fourth-order valence-electron chi connectivity index (χ4n) is 2.15. The molecule has 134 valence electrons. The molecular formula is C19H24FN3O2. The summed E-state index contributed by atoms with van der Waals surface area (Å²) in [6.45, 7) is 7.07. The highest BCUT2D eigenvalue weighted by Gasteiger charge is 2.13. The summed E-state index contributed by atoms with van der Waals surface area (Å²) in [5.74, 6) is -0.333. The Balaban J connectivity index is 1.94. The molecular weight excluding hydrogens is 321 g/mol. The Morgan fingerprint density at radius 3 is 2.72 bits per heavy atom. The van der Waals surface area contributed by atoms with Crippen molar-refractivity contribution in [1.82, 2.24) is 10.3 Å². The van der Waals surface area contributed by atoms with Crippen LogP contribution in [0.1, 0.15) is 43.1 Å². The molecule has 0 aliphatic heterocycles. The van der Waals surface area contributed by atoms with Gasteiger partial charge in [0, 0.05) is 12.7 Å². The molecule has 0 atom stereocenters. The number of carbonyl (C=O) groups excluding carboxylic acids is 1. The van der Waals surface area contributed by atoms with Crippen molar-refractivity contribution >= 4 is 11.6 Å². The summed E-state index contributed by atoms with van der Waals surface area (Å²) in [6, 6.07) is 7.63. The Bertz CT molecular complexity index is 742. The highest BCUT2D eigenvalue weighted by molar-refractivity contribution is 5.94. The molecule has 1 aromatic carbocycles. The molecule has 0 unspecified atom stereocenters. The topological polar surface area (TPSA) is 77.2 Å². The van der Waals surface area contributed by atoms with E-state index >= 15 is 0 Å². The number of anilines is 1. The van der Waals surface area contributed by atoms with E-state index in [-0.39, 0.29) is 35.3 Å². The summed E-state index contributed by atoms with van der Waals surface area (Å²) in [6.07, 6.45) is 2.29. The molecule has 1 amide bonds. The molecule has 0 saturated carbocycles. The average molecular weight is 345 g/mol. The lowest BCUT2D eigenvalue weighted by Gasteiger charge is -2.18. The van der Waals surface area contributed by atoms with E-state index in [1.807, 2.05) is 0 Å². The molecule has 0 bridgehead atoms. The third kappa shape index (κ3) is 6.06. The van der Waals surface area contributed by atoms with Gasteiger partial charge in [-0.1, -0.05) is 32.9 Å². The van der Waals surface area contributed by atoms with Crippen molar-refractivity contribution in [3.63, 3.8) is 0 Å². The number of aromatic nitrogens is 1. The molecule has 0 saturated heterocycles. The summed E-state index contributed by atoms with van der Waals surface area (Å²) in [4.78, 5) is 16.2. The van der Waals surface area contributed by atoms with Crippen molar-refractivity contribution in [3.8, 4) is 5.88 Å². The van der Waals surface area contributed by atoms with E-state index in [4.69, 9.17) is 10.5 Å². The number of carbonyl (C=O) groups is 1. The van der Waals surface area contributed by atoms with Gasteiger partial charge in [-0.05, 0) is 35.6 Å². The van der Waals surface area contributed by atoms with E-state index in [2.05, 4.69) is 31.1 Å². The summed E-state index contributed by atoms with van der Waals surface area (Å²) in [7, 11) is 0. The van der Waals surface area contributed by atoms with Crippen LogP contribution in [-0.4, -0.2) is 17.4 Å². The molecule has 0 spiro atoms. The Morgan fingerprint density at radius 2 is 2.08 bits per heavy atom. The van der Waals surface area contributed by atoms with Gasteiger partial charge in [-0.3, -0.25) is 4.79 Å². The van der Waals surface area contributed by atoms with Crippen LogP contribution < -0.4 is 15.8 Å². The SMILES string of the molecule is CC(C)(C)CCNC(=O)c1cnc(OCc2cccc(F)c2)c(N)c1. The molecule has 2 aromatic rings. The molecule has 5 nitrogen and oxygen atoms in total. The first-order valence-corrected chi connectivity index (χ1v) is 8.15. The van der Waals surface area contributed by atoms with Crippen molar-refractivity contribution in [2.75, 3.05) is 12.3 Å². The molecule has 3 N–H and O–H groups in total. The Hall–Kier alpha value is -2.63. The predicted octanol–water partition coefficient (Wildman–Crippen LogP) is 3.55. The van der Waals surface area contributed by atoms with Crippen LogP contribution in [0.2, 0.25) is 0 Å². The lowest BCUT2D eigenvalue weighted by Crippen LogP contribution is -2.27. The standard InChI is InChI=1S/C19H24FN3O2/c1-19(2,3)7-8-22-17(24)14-10-16(21)18(23-11-14)25-12-13-5-4-6-15(20)9-13/h4-6,9-11H,7-8,12,21H2,1-3H3,(H,22,24). The highest BCUT2D eigenvalue weighted by atomic mass is 19.1. The van der Waals surface area contributed by atoms with Crippen molar-refractivity contribution in [3.05, 3.63) is 53.5 Å². The normalized spacial score (nSPS) is 11.2. The van der Waals surface area contributed by atoms with E-state index < -0.39 is 0 Å². The van der Waals surface area contributed by atoms with Crippen molar-refractivity contribution in [2.24, 2.45) is 5.41 Å². The van der Waals surface area contributed by atoms with Crippen molar-refractivity contribution < 1.29 is 13.9 Å². The maximum atomic E-state index is 13.1. The third-order valence-corrected chi connectivity index (χ3v) is 3.57. The zero-order valence-electron chi connectivity index (χ0n) is 14.8. The van der Waals surface area contributed by atoms with E-state index in [9.17, 15) is 9.18 Å². The summed E-state index contributed by atoms with van der Waals surface area (Å²) < 4.78 is 18.7. The van der Waals surface area contributed by atoms with Crippen molar-refractivity contribution in [1.29, 1.82) is 0 Å². The fraction of sp³-hybridized carbons (Fsp3) is 0.368. The molecule has 1 aromatic heterocycles. The summed E-state index contributed by atoms with van der Waals surface area (Å²) >= 11 is 0. The first-order valence-electron chi connectivity index (χ1n) is 8.15. The minimum Gasteiger partial charge on any atom is -0.471 e. The van der Waals surface area contributed by atoms with Crippen LogP contribution >= 0.6 is 0 Å². The molecule has 6 heteroatoms. The Morgan fingerprint density at radius 1 is 1.32 bits per heavy atom. The number of benzene rings is 1. The van der Waals surface area contributed by atoms with Crippen LogP contribution in [0.25, 0.3) is 0 Å². The lowest BCUT2D eigenvalue weighted by molar-refractivity contribution is 0.0949. The highest BCUT2D eigenvalue weighted by Crippen LogP contribution is 2.21. The molecule has 0 aliphatic rings. The first kappa shape index (κ1) is 18.7. The lowest BCUT2D eigenvalue weighted by atomic mass is 9.92. The van der Waals surface area contributed by atoms with Gasteiger partial charge >= 0.3 is 0 Å². The molecule has 0 aliphatic carbocycles. The maximum absolute atomic E-state index is 13.1. The van der Waals surface area contributed by atoms with E-state index in [0.717, 1.165) is 6.42 Å². The number of nitrogen functional groups attached to an aromatic ring is 1. The number of hydrogen-bond acceptors (Lipinski definition) is 4. The molecule has 0 fully saturated rings. The van der Waals surface area contributed by atoms with Gasteiger partial charge in [0.1, 0.15) is 12.4 Å². The quantitative estimate of drug-likeness (QED) is 0.839. The second kappa shape index (κ2) is 7.96. The predicted molar refractivity (Wildman–Crippen MR) is 95.8 cm³/mol. The number of rotatable bonds is 6. The number of amides is 1. The zero-order chi connectivity index (χ0) is 18.4. The smallest absolute Gasteiger partial charge is 0.252 e. The van der Waals surface area contributed by atoms with Crippen LogP contribution in [0.5, 0.6) is 5.88 Å². The van der Waals surface area contributed by atoms with Gasteiger partial charge in [-0.25, -0.2) is 9.37 Å². The number of nitrogens with one attached hydrogen (secondary N) is 1. The largest absolute Gasteiger partial charge is 0.471 e. The molecule has 1 heterocycles. The van der Waals surface area contributed by atoms with Gasteiger partial charge < -0.3 is 15.8 Å². The van der Waals surface area contributed by atoms with Gasteiger partial charge in [0.15, 0.2) is 0 Å². The Kier molecular flexibility index (Phi) is 5.96. The van der Waals surface area contributed by atoms with Crippen LogP contribution in [-0.2, 0) is 6.61 Å². The van der Waals surface area contributed by atoms with Gasteiger partial charge in [0.25, 0.3) is 5.91 Å². The Labute approximate surface area is 147 Å². The second-order valence-corrected chi connectivity index (χ2v) is 7.10. The van der Waals surface area contributed by atoms with E-state index in [0.29, 0.717) is 17.7 Å². The second-order valence-electron chi connectivity index (χ2n) is 7.10. The minimum absolute atomic E-state index is 0.145. The summed E-state index contributed by atoms with van der Waals surface area (Å²) in [5, 5.41) is 2.85. The monoisotopic (exact) mass is 345 g/mol. The van der Waals surface area contributed by atoms with Gasteiger partial charge in [0.05, 0.1) is 11.3 Å². The number of nitrogens with two attached hydrogens (primary N) is 1. The van der Waals surface area contributed by atoms with Crippen LogP contribution in [0.15, 0.2) is 36.5 Å². The van der Waals surface area contributed by atoms with Gasteiger partial charge in [-0.2, -0.15) is 0 Å². The molecule has 25 heavy (non-hydrogen) atoms. The molecule has 0 radical (unpaired) electrons. The fourth-order valence-corrected chi connectivity index (χ4v) is 2.15. The zero-order valence-corrected chi connectivity index (χ0v) is 14.8. The number of pyridine rings is 1. The van der Waals surface area contributed by atoms with E-state index in [1.165, 1.54) is 24.4 Å². The minimum atomic E-state index is -0.329. The van der Waals surface area contributed by atoms with Crippen LogP contribution in [0, 0.1) is 11.2 Å². The van der Waals surface area contributed by atoms with Gasteiger partial charge in [-0.15, -0.1) is 0 Å². The van der Waals surface area contributed by atoms with Crippen LogP contribution in [0.3, 0.4) is 0 Å². The number of nitrogens with zero attached hydrogens (tertiary/aromatic N) is 1. The van der Waals surface area contributed by atoms with Gasteiger partial charge in [0.2, 0.25) is 5.88 Å². The summed E-state index contributed by atoms with van der Waals surface area (Å²) in [5.41, 5.74) is 7.38. The van der Waals surface area contributed by atoms with E-state index in [1.54, 1.807) is 12.1 Å². The number of hydrogen-bond donors (Lipinski definition) is 2. The average Bonchev–Trinajstić information content (AvgIpc) is 2.52.